The second-order valence-electron chi connectivity index (χ2n) is 5.28. The van der Waals surface area contributed by atoms with E-state index in [2.05, 4.69) is 0 Å². The maximum absolute atomic E-state index is 12.0. The summed E-state index contributed by atoms with van der Waals surface area (Å²) < 4.78 is 0. The zero-order chi connectivity index (χ0) is 13.8. The number of aryl methyl sites for hydroxylation is 1. The lowest BCUT2D eigenvalue weighted by atomic mass is 10.2. The molecule has 0 aromatic heterocycles. The quantitative estimate of drug-likeness (QED) is 0.812. The van der Waals surface area contributed by atoms with E-state index >= 15 is 0 Å². The average molecular weight is 279 g/mol. The summed E-state index contributed by atoms with van der Waals surface area (Å²) in [6.45, 7) is 2.50. The number of aliphatic hydroxyl groups excluding tert-OH is 1. The molecule has 104 valence electrons. The SMILES string of the molecule is Cc1ccc(SCC(=O)N(C)CC(O)C2CC2)cc1. The van der Waals surface area contributed by atoms with Gasteiger partial charge in [0.15, 0.2) is 0 Å². The van der Waals surface area contributed by atoms with Gasteiger partial charge >= 0.3 is 0 Å². The highest BCUT2D eigenvalue weighted by Gasteiger charge is 2.31. The van der Waals surface area contributed by atoms with Crippen LogP contribution in [0.5, 0.6) is 0 Å². The van der Waals surface area contributed by atoms with E-state index in [4.69, 9.17) is 0 Å². The number of rotatable bonds is 6. The van der Waals surface area contributed by atoms with Crippen molar-refractivity contribution >= 4 is 17.7 Å². The Balaban J connectivity index is 1.75. The zero-order valence-corrected chi connectivity index (χ0v) is 12.3. The molecule has 0 bridgehead atoms. The molecule has 1 amide bonds. The fraction of sp³-hybridized carbons (Fsp3) is 0.533. The van der Waals surface area contributed by atoms with Gasteiger partial charge in [-0.05, 0) is 37.8 Å². The monoisotopic (exact) mass is 279 g/mol. The molecule has 1 N–H and O–H groups in total. The van der Waals surface area contributed by atoms with Crippen LogP contribution in [-0.2, 0) is 4.79 Å². The third-order valence-electron chi connectivity index (χ3n) is 3.44. The van der Waals surface area contributed by atoms with Crippen molar-refractivity contribution in [1.29, 1.82) is 0 Å². The number of aliphatic hydroxyl groups is 1. The van der Waals surface area contributed by atoms with Gasteiger partial charge in [-0.15, -0.1) is 11.8 Å². The molecular formula is C15H21NO2S. The van der Waals surface area contributed by atoms with Gasteiger partial charge in [0.05, 0.1) is 11.9 Å². The van der Waals surface area contributed by atoms with Gasteiger partial charge in [0, 0.05) is 18.5 Å². The number of likely N-dealkylation sites (N-methyl/N-ethyl adjacent to an activating group) is 1. The van der Waals surface area contributed by atoms with Crippen LogP contribution < -0.4 is 0 Å². The Labute approximate surface area is 119 Å². The van der Waals surface area contributed by atoms with Crippen LogP contribution in [0.2, 0.25) is 0 Å². The molecule has 0 aliphatic heterocycles. The Morgan fingerprint density at radius 1 is 1.42 bits per heavy atom. The minimum atomic E-state index is -0.349. The summed E-state index contributed by atoms with van der Waals surface area (Å²) in [4.78, 5) is 14.7. The molecule has 1 aliphatic rings. The number of hydrogen-bond donors (Lipinski definition) is 1. The largest absolute Gasteiger partial charge is 0.391 e. The number of carbonyl (C=O) groups excluding carboxylic acids is 1. The Morgan fingerprint density at radius 3 is 2.63 bits per heavy atom. The molecule has 1 aromatic carbocycles. The molecule has 1 atom stereocenters. The van der Waals surface area contributed by atoms with Crippen LogP contribution in [0.1, 0.15) is 18.4 Å². The lowest BCUT2D eigenvalue weighted by molar-refractivity contribution is -0.128. The van der Waals surface area contributed by atoms with Crippen LogP contribution in [0.3, 0.4) is 0 Å². The van der Waals surface area contributed by atoms with Crippen molar-refractivity contribution in [3.05, 3.63) is 29.8 Å². The highest BCUT2D eigenvalue weighted by atomic mass is 32.2. The number of thioether (sulfide) groups is 1. The predicted octanol–water partition coefficient (Wildman–Crippen LogP) is 2.32. The average Bonchev–Trinajstić information content (AvgIpc) is 3.21. The van der Waals surface area contributed by atoms with Gasteiger partial charge in [-0.25, -0.2) is 0 Å². The minimum absolute atomic E-state index is 0.0743. The highest BCUT2D eigenvalue weighted by molar-refractivity contribution is 8.00. The van der Waals surface area contributed by atoms with Gasteiger partial charge in [-0.1, -0.05) is 17.7 Å². The first-order valence-electron chi connectivity index (χ1n) is 6.68. The Morgan fingerprint density at radius 2 is 2.05 bits per heavy atom. The highest BCUT2D eigenvalue weighted by Crippen LogP contribution is 2.32. The molecule has 2 rings (SSSR count). The number of amides is 1. The summed E-state index contributed by atoms with van der Waals surface area (Å²) in [6, 6.07) is 8.17. The van der Waals surface area contributed by atoms with E-state index in [0.29, 0.717) is 18.2 Å². The van der Waals surface area contributed by atoms with Crippen molar-refractivity contribution in [1.82, 2.24) is 4.90 Å². The smallest absolute Gasteiger partial charge is 0.232 e. The summed E-state index contributed by atoms with van der Waals surface area (Å²) in [7, 11) is 1.77. The normalized spacial score (nSPS) is 16.2. The zero-order valence-electron chi connectivity index (χ0n) is 11.5. The van der Waals surface area contributed by atoms with Crippen LogP contribution >= 0.6 is 11.8 Å². The molecule has 19 heavy (non-hydrogen) atoms. The first-order chi connectivity index (χ1) is 9.06. The van der Waals surface area contributed by atoms with Gasteiger partial charge in [-0.2, -0.15) is 0 Å². The molecule has 4 heteroatoms. The fourth-order valence-corrected chi connectivity index (χ4v) is 2.74. The van der Waals surface area contributed by atoms with Crippen LogP contribution in [-0.4, -0.2) is 41.4 Å². The molecule has 1 aliphatic carbocycles. The molecule has 1 fully saturated rings. The van der Waals surface area contributed by atoms with Crippen molar-refractivity contribution < 1.29 is 9.90 Å². The van der Waals surface area contributed by atoms with Gasteiger partial charge < -0.3 is 10.0 Å². The lowest BCUT2D eigenvalue weighted by Crippen LogP contribution is -2.36. The standard InChI is InChI=1S/C15H21NO2S/c1-11-3-7-13(8-4-11)19-10-15(18)16(2)9-14(17)12-5-6-12/h3-4,7-8,12,14,17H,5-6,9-10H2,1-2H3. The maximum Gasteiger partial charge on any atom is 0.232 e. The van der Waals surface area contributed by atoms with E-state index in [0.717, 1.165) is 17.7 Å². The molecular weight excluding hydrogens is 258 g/mol. The molecule has 1 saturated carbocycles. The van der Waals surface area contributed by atoms with Crippen LogP contribution in [0.25, 0.3) is 0 Å². The molecule has 0 radical (unpaired) electrons. The van der Waals surface area contributed by atoms with Crippen LogP contribution in [0.4, 0.5) is 0 Å². The predicted molar refractivity (Wildman–Crippen MR) is 78.3 cm³/mol. The van der Waals surface area contributed by atoms with E-state index in [1.165, 1.54) is 5.56 Å². The van der Waals surface area contributed by atoms with Crippen molar-refractivity contribution in [3.63, 3.8) is 0 Å². The summed E-state index contributed by atoms with van der Waals surface area (Å²) in [5.41, 5.74) is 1.22. The minimum Gasteiger partial charge on any atom is -0.391 e. The van der Waals surface area contributed by atoms with Gasteiger partial charge in [0.1, 0.15) is 0 Å². The summed E-state index contributed by atoms with van der Waals surface area (Å²) >= 11 is 1.54. The van der Waals surface area contributed by atoms with Crippen molar-refractivity contribution in [3.8, 4) is 0 Å². The van der Waals surface area contributed by atoms with E-state index in [9.17, 15) is 9.90 Å². The van der Waals surface area contributed by atoms with Crippen molar-refractivity contribution in [2.75, 3.05) is 19.3 Å². The molecule has 0 saturated heterocycles. The third-order valence-corrected chi connectivity index (χ3v) is 4.43. The molecule has 1 aromatic rings. The second kappa shape index (κ2) is 6.44. The van der Waals surface area contributed by atoms with Gasteiger partial charge in [-0.3, -0.25) is 4.79 Å². The molecule has 0 heterocycles. The lowest BCUT2D eigenvalue weighted by Gasteiger charge is -2.20. The second-order valence-corrected chi connectivity index (χ2v) is 6.33. The van der Waals surface area contributed by atoms with Crippen LogP contribution in [0.15, 0.2) is 29.2 Å². The van der Waals surface area contributed by atoms with E-state index in [1.807, 2.05) is 31.2 Å². The number of carbonyl (C=O) groups is 1. The molecule has 1 unspecified atom stereocenters. The van der Waals surface area contributed by atoms with E-state index < -0.39 is 0 Å². The maximum atomic E-state index is 12.0. The summed E-state index contributed by atoms with van der Waals surface area (Å²) in [5.74, 6) is 0.919. The molecule has 0 spiro atoms. The fourth-order valence-electron chi connectivity index (χ4n) is 1.90. The Kier molecular flexibility index (Phi) is 4.88. The number of hydrogen-bond acceptors (Lipinski definition) is 3. The first-order valence-corrected chi connectivity index (χ1v) is 7.66. The summed E-state index contributed by atoms with van der Waals surface area (Å²) in [5, 5.41) is 9.82. The Hall–Kier alpha value is -1.00. The number of nitrogens with zero attached hydrogens (tertiary/aromatic N) is 1. The summed E-state index contributed by atoms with van der Waals surface area (Å²) in [6.07, 6.45) is 1.85. The first kappa shape index (κ1) is 14.4. The van der Waals surface area contributed by atoms with Crippen molar-refractivity contribution in [2.24, 2.45) is 5.92 Å². The van der Waals surface area contributed by atoms with Gasteiger partial charge in [0.2, 0.25) is 5.91 Å². The number of benzene rings is 1. The topological polar surface area (TPSA) is 40.5 Å². The third kappa shape index (κ3) is 4.55. The van der Waals surface area contributed by atoms with Crippen LogP contribution in [0, 0.1) is 12.8 Å². The van der Waals surface area contributed by atoms with E-state index in [1.54, 1.807) is 23.7 Å². The van der Waals surface area contributed by atoms with E-state index in [-0.39, 0.29) is 12.0 Å². The molecule has 3 nitrogen and oxygen atoms in total. The Bertz CT molecular complexity index is 428. The van der Waals surface area contributed by atoms with Crippen molar-refractivity contribution in [2.45, 2.75) is 30.8 Å². The van der Waals surface area contributed by atoms with Gasteiger partial charge in [0.25, 0.3) is 0 Å².